The minimum Gasteiger partial charge on any atom is -0.370 e. The topological polar surface area (TPSA) is 60.0 Å². The Balaban J connectivity index is 1.25. The van der Waals surface area contributed by atoms with Crippen LogP contribution in [0.4, 0.5) is 5.69 Å². The Bertz CT molecular complexity index is 1020. The van der Waals surface area contributed by atoms with E-state index in [-0.39, 0.29) is 11.5 Å². The average Bonchev–Trinajstić information content (AvgIpc) is 3.28. The average molecular weight is 406 g/mol. The molecule has 0 aliphatic carbocycles. The molecule has 1 fully saturated rings. The Labute approximate surface area is 176 Å². The number of aromatic nitrogens is 3. The van der Waals surface area contributed by atoms with Crippen molar-refractivity contribution in [2.45, 2.75) is 49.2 Å². The number of hydrogen-bond donors (Lipinski definition) is 1. The number of fused-ring (bicyclic) bond motifs is 1. The van der Waals surface area contributed by atoms with Gasteiger partial charge in [0.15, 0.2) is 0 Å². The number of anilines is 1. The van der Waals surface area contributed by atoms with Crippen molar-refractivity contribution in [3.8, 4) is 0 Å². The summed E-state index contributed by atoms with van der Waals surface area (Å²) in [6, 6.07) is 13.0. The van der Waals surface area contributed by atoms with Crippen LogP contribution >= 0.6 is 11.8 Å². The summed E-state index contributed by atoms with van der Waals surface area (Å²) in [5, 5.41) is 5.48. The number of aryl methyl sites for hydroxylation is 1. The highest BCUT2D eigenvalue weighted by molar-refractivity contribution is 7.99. The number of pyridine rings is 1. The van der Waals surface area contributed by atoms with Crippen LogP contribution in [0.25, 0.3) is 0 Å². The Morgan fingerprint density at radius 1 is 1.10 bits per heavy atom. The van der Waals surface area contributed by atoms with E-state index in [2.05, 4.69) is 64.9 Å². The summed E-state index contributed by atoms with van der Waals surface area (Å²) in [6.45, 7) is 7.32. The summed E-state index contributed by atoms with van der Waals surface area (Å²) in [5.74, 6) is 0. The number of nitrogens with two attached hydrogens (primary N) is 1. The first-order valence-electron chi connectivity index (χ1n) is 10.3. The summed E-state index contributed by atoms with van der Waals surface area (Å²) in [5.41, 5.74) is 11.8. The molecule has 2 N–H and O–H groups in total. The van der Waals surface area contributed by atoms with Gasteiger partial charge in [-0.1, -0.05) is 23.9 Å². The van der Waals surface area contributed by atoms with Crippen LogP contribution < -0.4 is 10.6 Å². The van der Waals surface area contributed by atoms with Crippen LogP contribution in [0.1, 0.15) is 35.7 Å². The van der Waals surface area contributed by atoms with Gasteiger partial charge in [-0.05, 0) is 62.1 Å². The third kappa shape index (κ3) is 3.24. The zero-order valence-corrected chi connectivity index (χ0v) is 17.8. The van der Waals surface area contributed by atoms with Crippen LogP contribution in [0.3, 0.4) is 0 Å². The molecule has 6 heteroatoms. The molecule has 29 heavy (non-hydrogen) atoms. The minimum atomic E-state index is 0.0987. The Hall–Kier alpha value is -2.31. The fraction of sp³-hybridized carbons (Fsp3) is 0.391. The Morgan fingerprint density at radius 2 is 1.93 bits per heavy atom. The number of nitrogens with zero attached hydrogens (tertiary/aromatic N) is 4. The van der Waals surface area contributed by atoms with E-state index < -0.39 is 0 Å². The van der Waals surface area contributed by atoms with Crippen molar-refractivity contribution < 1.29 is 0 Å². The lowest BCUT2D eigenvalue weighted by Crippen LogP contribution is -2.44. The molecule has 2 aromatic heterocycles. The number of piperidine rings is 1. The lowest BCUT2D eigenvalue weighted by Gasteiger charge is -2.42. The van der Waals surface area contributed by atoms with E-state index in [9.17, 15) is 0 Å². The maximum absolute atomic E-state index is 6.61. The van der Waals surface area contributed by atoms with Gasteiger partial charge in [0.1, 0.15) is 5.03 Å². The molecule has 1 spiro atoms. The van der Waals surface area contributed by atoms with Crippen molar-refractivity contribution in [3.05, 3.63) is 65.6 Å². The van der Waals surface area contributed by atoms with Gasteiger partial charge in [0.2, 0.25) is 0 Å². The first kappa shape index (κ1) is 18.7. The molecule has 150 valence electrons. The van der Waals surface area contributed by atoms with Crippen LogP contribution in [-0.2, 0) is 6.54 Å². The van der Waals surface area contributed by atoms with Crippen LogP contribution in [0.15, 0.2) is 58.7 Å². The second-order valence-corrected chi connectivity index (χ2v) is 9.46. The third-order valence-electron chi connectivity index (χ3n) is 6.81. The van der Waals surface area contributed by atoms with E-state index in [1.165, 1.54) is 27.4 Å². The van der Waals surface area contributed by atoms with Gasteiger partial charge in [-0.15, -0.1) is 0 Å². The molecule has 1 atom stereocenters. The molecular weight excluding hydrogens is 378 g/mol. The predicted molar refractivity (Wildman–Crippen MR) is 117 cm³/mol. The zero-order chi connectivity index (χ0) is 20.0. The van der Waals surface area contributed by atoms with Gasteiger partial charge in [-0.2, -0.15) is 5.10 Å². The summed E-state index contributed by atoms with van der Waals surface area (Å²) < 4.78 is 2.10. The van der Waals surface area contributed by atoms with Crippen molar-refractivity contribution in [3.63, 3.8) is 0 Å². The van der Waals surface area contributed by atoms with Gasteiger partial charge in [-0.3, -0.25) is 4.68 Å². The second-order valence-electron chi connectivity index (χ2n) is 8.40. The molecule has 0 saturated carbocycles. The lowest BCUT2D eigenvalue weighted by atomic mass is 9.73. The summed E-state index contributed by atoms with van der Waals surface area (Å²) in [7, 11) is 0. The van der Waals surface area contributed by atoms with E-state index >= 15 is 0 Å². The summed E-state index contributed by atoms with van der Waals surface area (Å²) in [6.07, 6.45) is 6.07. The minimum absolute atomic E-state index is 0.0987. The van der Waals surface area contributed by atoms with Gasteiger partial charge >= 0.3 is 0 Å². The molecular formula is C23H27N5S. The number of benzene rings is 1. The normalized spacial score (nSPS) is 20.2. The maximum atomic E-state index is 6.61. The van der Waals surface area contributed by atoms with Gasteiger partial charge in [0.25, 0.3) is 0 Å². The van der Waals surface area contributed by atoms with Crippen LogP contribution in [0, 0.1) is 19.3 Å². The Kier molecular flexibility index (Phi) is 4.63. The second kappa shape index (κ2) is 7.18. The monoisotopic (exact) mass is 405 g/mol. The molecule has 0 unspecified atom stereocenters. The quantitative estimate of drug-likeness (QED) is 0.702. The molecule has 1 aromatic carbocycles. The highest BCUT2D eigenvalue weighted by atomic mass is 32.2. The molecule has 2 aliphatic rings. The first-order chi connectivity index (χ1) is 14.1. The van der Waals surface area contributed by atoms with Crippen LogP contribution in [0.2, 0.25) is 0 Å². The molecule has 5 nitrogen and oxygen atoms in total. The largest absolute Gasteiger partial charge is 0.370 e. The van der Waals surface area contributed by atoms with Crippen molar-refractivity contribution in [1.29, 1.82) is 0 Å². The van der Waals surface area contributed by atoms with E-state index in [4.69, 9.17) is 10.7 Å². The fourth-order valence-electron chi connectivity index (χ4n) is 4.70. The zero-order valence-electron chi connectivity index (χ0n) is 17.0. The van der Waals surface area contributed by atoms with Crippen LogP contribution in [-0.4, -0.2) is 27.9 Å². The van der Waals surface area contributed by atoms with Gasteiger partial charge in [-0.25, -0.2) is 4.98 Å². The van der Waals surface area contributed by atoms with Crippen molar-refractivity contribution >= 4 is 17.4 Å². The molecule has 0 bridgehead atoms. The number of hydrogen-bond acceptors (Lipinski definition) is 5. The molecule has 4 heterocycles. The van der Waals surface area contributed by atoms with E-state index in [1.807, 2.05) is 12.4 Å². The third-order valence-corrected chi connectivity index (χ3v) is 7.92. The molecule has 2 aliphatic heterocycles. The molecule has 0 amide bonds. The Morgan fingerprint density at radius 3 is 2.66 bits per heavy atom. The summed E-state index contributed by atoms with van der Waals surface area (Å²) >= 11 is 1.74. The van der Waals surface area contributed by atoms with E-state index in [0.717, 1.165) is 37.5 Å². The van der Waals surface area contributed by atoms with Gasteiger partial charge in [0, 0.05) is 36.1 Å². The molecule has 0 radical (unpaired) electrons. The smallest absolute Gasteiger partial charge is 0.101 e. The molecule has 3 aromatic rings. The lowest BCUT2D eigenvalue weighted by molar-refractivity contribution is 0.170. The first-order valence-corrected chi connectivity index (χ1v) is 11.1. The highest BCUT2D eigenvalue weighted by Gasteiger charge is 2.46. The van der Waals surface area contributed by atoms with Crippen molar-refractivity contribution in [1.82, 2.24) is 14.8 Å². The molecule has 5 rings (SSSR count). The van der Waals surface area contributed by atoms with E-state index in [0.29, 0.717) is 0 Å². The van der Waals surface area contributed by atoms with Crippen molar-refractivity contribution in [2.75, 3.05) is 18.0 Å². The van der Waals surface area contributed by atoms with Gasteiger partial charge in [0.05, 0.1) is 23.6 Å². The SMILES string of the molecule is Cc1cccc(Sc2ccc(N3CCC4(CC3)Cn3nccc3[C@H]4N)cn2)c1C. The highest BCUT2D eigenvalue weighted by Crippen LogP contribution is 2.48. The number of rotatable bonds is 3. The van der Waals surface area contributed by atoms with E-state index in [1.54, 1.807) is 11.8 Å². The summed E-state index contributed by atoms with van der Waals surface area (Å²) in [4.78, 5) is 8.45. The molecule has 1 saturated heterocycles. The van der Waals surface area contributed by atoms with Crippen LogP contribution in [0.5, 0.6) is 0 Å². The predicted octanol–water partition coefficient (Wildman–Crippen LogP) is 4.35. The van der Waals surface area contributed by atoms with Crippen molar-refractivity contribution in [2.24, 2.45) is 11.1 Å². The fourth-order valence-corrected chi connectivity index (χ4v) is 5.62. The maximum Gasteiger partial charge on any atom is 0.101 e. The van der Waals surface area contributed by atoms with Gasteiger partial charge < -0.3 is 10.6 Å². The standard InChI is InChI=1S/C23H27N5S/c1-16-4-3-5-20(17(16)2)29-21-7-6-18(14-25-21)27-12-9-23(10-13-27)15-28-19(22(23)24)8-11-26-28/h3-8,11,14,22H,9-10,12-13,15,24H2,1-2H3/t22-/m1/s1.